The highest BCUT2D eigenvalue weighted by atomic mass is 32.1. The van der Waals surface area contributed by atoms with Gasteiger partial charge in [-0.05, 0) is 33.6 Å². The number of rotatable bonds is 7. The van der Waals surface area contributed by atoms with E-state index in [4.69, 9.17) is 4.98 Å². The first-order valence-electron chi connectivity index (χ1n) is 10.1. The highest BCUT2D eigenvalue weighted by Gasteiger charge is 2.20. The Hall–Kier alpha value is -2.47. The lowest BCUT2D eigenvalue weighted by Crippen LogP contribution is -2.28. The van der Waals surface area contributed by atoms with Crippen molar-refractivity contribution < 1.29 is 4.79 Å². The van der Waals surface area contributed by atoms with Gasteiger partial charge in [0.2, 0.25) is 5.91 Å². The zero-order valence-electron chi connectivity index (χ0n) is 18.1. The van der Waals surface area contributed by atoms with Crippen molar-refractivity contribution in [2.75, 3.05) is 0 Å². The summed E-state index contributed by atoms with van der Waals surface area (Å²) >= 11 is 1.64. The minimum Gasteiger partial charge on any atom is -0.348 e. The number of thiazole rings is 1. The van der Waals surface area contributed by atoms with E-state index in [1.165, 1.54) is 0 Å². The van der Waals surface area contributed by atoms with Gasteiger partial charge in [-0.25, -0.2) is 4.98 Å². The Labute approximate surface area is 177 Å². The second-order valence-corrected chi connectivity index (χ2v) is 9.06. The van der Waals surface area contributed by atoms with E-state index >= 15 is 0 Å². The lowest BCUT2D eigenvalue weighted by Gasteiger charge is -2.13. The number of hydrogen-bond donors (Lipinski definition) is 1. The van der Waals surface area contributed by atoms with E-state index < -0.39 is 0 Å². The van der Waals surface area contributed by atoms with Gasteiger partial charge in [0.1, 0.15) is 5.01 Å². The fraction of sp³-hybridized carbons (Fsp3) is 0.435. The molecule has 0 bridgehead atoms. The van der Waals surface area contributed by atoms with Crippen molar-refractivity contribution in [3.63, 3.8) is 0 Å². The molecule has 3 rings (SSSR count). The third-order valence-corrected chi connectivity index (χ3v) is 6.42. The molecule has 0 saturated heterocycles. The van der Waals surface area contributed by atoms with Gasteiger partial charge in [-0.3, -0.25) is 9.48 Å². The number of carbonyl (C=O) groups is 1. The maximum atomic E-state index is 12.8. The van der Waals surface area contributed by atoms with Gasteiger partial charge < -0.3 is 5.32 Å². The van der Waals surface area contributed by atoms with Gasteiger partial charge in [-0.1, -0.05) is 44.2 Å². The van der Waals surface area contributed by atoms with E-state index in [1.54, 1.807) is 11.3 Å². The van der Waals surface area contributed by atoms with Crippen molar-refractivity contribution in [3.05, 3.63) is 57.9 Å². The summed E-state index contributed by atoms with van der Waals surface area (Å²) in [6.45, 7) is 13.3. The van der Waals surface area contributed by atoms with E-state index in [0.717, 1.165) is 44.6 Å². The van der Waals surface area contributed by atoms with E-state index in [0.29, 0.717) is 12.3 Å². The summed E-state index contributed by atoms with van der Waals surface area (Å²) in [7, 11) is 0. The molecule has 6 heteroatoms. The average Bonchev–Trinajstić information content (AvgIpc) is 3.17. The highest BCUT2D eigenvalue weighted by molar-refractivity contribution is 7.15. The number of benzene rings is 1. The van der Waals surface area contributed by atoms with Crippen LogP contribution in [0.25, 0.3) is 10.6 Å². The number of aromatic nitrogens is 3. The number of amides is 1. The molecule has 3 aromatic rings. The third kappa shape index (κ3) is 4.93. The van der Waals surface area contributed by atoms with Crippen LogP contribution in [0, 0.1) is 26.7 Å². The zero-order chi connectivity index (χ0) is 21.1. The van der Waals surface area contributed by atoms with Gasteiger partial charge in [0.15, 0.2) is 0 Å². The zero-order valence-corrected chi connectivity index (χ0v) is 18.9. The molecule has 0 aliphatic rings. The molecule has 1 aromatic carbocycles. The van der Waals surface area contributed by atoms with Crippen molar-refractivity contribution in [3.8, 4) is 10.6 Å². The van der Waals surface area contributed by atoms with E-state index in [-0.39, 0.29) is 11.9 Å². The molecule has 2 heterocycles. The van der Waals surface area contributed by atoms with Gasteiger partial charge in [-0.15, -0.1) is 11.3 Å². The molecule has 0 fully saturated rings. The Kier molecular flexibility index (Phi) is 6.52. The highest BCUT2D eigenvalue weighted by Crippen LogP contribution is 2.31. The fourth-order valence-corrected chi connectivity index (χ4v) is 4.62. The first-order valence-corrected chi connectivity index (χ1v) is 10.9. The molecular weight excluding hydrogens is 380 g/mol. The monoisotopic (exact) mass is 410 g/mol. The molecule has 1 atom stereocenters. The lowest BCUT2D eigenvalue weighted by molar-refractivity contribution is -0.121. The molecule has 0 aliphatic carbocycles. The SMILES string of the molecule is Cc1nc(-c2ccccc2)sc1C(C)NC(=O)Cc1c(C)nn(CC(C)C)c1C. The van der Waals surface area contributed by atoms with Crippen molar-refractivity contribution in [1.29, 1.82) is 0 Å². The number of carbonyl (C=O) groups excluding carboxylic acids is 1. The summed E-state index contributed by atoms with van der Waals surface area (Å²) in [5.41, 5.74) is 5.12. The van der Waals surface area contributed by atoms with E-state index in [1.807, 2.05) is 50.6 Å². The molecule has 1 amide bonds. The fourth-order valence-electron chi connectivity index (χ4n) is 3.55. The van der Waals surface area contributed by atoms with E-state index in [9.17, 15) is 4.79 Å². The van der Waals surface area contributed by atoms with Crippen molar-refractivity contribution >= 4 is 17.2 Å². The van der Waals surface area contributed by atoms with Crippen LogP contribution in [0.1, 0.15) is 54.3 Å². The van der Waals surface area contributed by atoms with Gasteiger partial charge in [-0.2, -0.15) is 5.10 Å². The molecule has 0 saturated carbocycles. The van der Waals surface area contributed by atoms with Crippen LogP contribution < -0.4 is 5.32 Å². The summed E-state index contributed by atoms with van der Waals surface area (Å²) in [5.74, 6) is 0.532. The number of nitrogens with one attached hydrogen (secondary N) is 1. The minimum absolute atomic E-state index is 0.0156. The predicted molar refractivity (Wildman–Crippen MR) is 119 cm³/mol. The summed E-state index contributed by atoms with van der Waals surface area (Å²) < 4.78 is 2.02. The van der Waals surface area contributed by atoms with Crippen LogP contribution in [0.4, 0.5) is 0 Å². The normalized spacial score (nSPS) is 12.4. The third-order valence-electron chi connectivity index (χ3n) is 5.03. The molecule has 1 unspecified atom stereocenters. The van der Waals surface area contributed by atoms with Crippen LogP contribution in [-0.4, -0.2) is 20.7 Å². The molecule has 29 heavy (non-hydrogen) atoms. The summed E-state index contributed by atoms with van der Waals surface area (Å²) in [4.78, 5) is 18.6. The van der Waals surface area contributed by atoms with Gasteiger partial charge in [0.25, 0.3) is 0 Å². The van der Waals surface area contributed by atoms with Gasteiger partial charge >= 0.3 is 0 Å². The largest absolute Gasteiger partial charge is 0.348 e. The van der Waals surface area contributed by atoms with Crippen LogP contribution in [0.2, 0.25) is 0 Å². The molecule has 1 N–H and O–H groups in total. The molecule has 0 spiro atoms. The first-order chi connectivity index (χ1) is 13.8. The molecule has 5 nitrogen and oxygen atoms in total. The van der Waals surface area contributed by atoms with Crippen LogP contribution in [-0.2, 0) is 17.8 Å². The second-order valence-electron chi connectivity index (χ2n) is 8.03. The minimum atomic E-state index is -0.0798. The summed E-state index contributed by atoms with van der Waals surface area (Å²) in [5, 5.41) is 8.76. The Morgan fingerprint density at radius 1 is 1.10 bits per heavy atom. The van der Waals surface area contributed by atoms with Crippen LogP contribution in [0.5, 0.6) is 0 Å². The first kappa shape index (κ1) is 21.2. The molecule has 154 valence electrons. The molecule has 0 aliphatic heterocycles. The Morgan fingerprint density at radius 3 is 2.45 bits per heavy atom. The Balaban J connectivity index is 1.70. The quantitative estimate of drug-likeness (QED) is 0.596. The molecule has 0 radical (unpaired) electrons. The molecular formula is C23H30N4OS. The van der Waals surface area contributed by atoms with Gasteiger partial charge in [0, 0.05) is 23.4 Å². The van der Waals surface area contributed by atoms with Gasteiger partial charge in [0.05, 0.1) is 28.7 Å². The van der Waals surface area contributed by atoms with Crippen LogP contribution in [0.3, 0.4) is 0 Å². The van der Waals surface area contributed by atoms with Crippen molar-refractivity contribution in [2.24, 2.45) is 5.92 Å². The lowest BCUT2D eigenvalue weighted by atomic mass is 10.1. The number of hydrogen-bond acceptors (Lipinski definition) is 4. The number of aryl methyl sites for hydroxylation is 2. The standard InChI is InChI=1S/C23H30N4OS/c1-14(2)13-27-18(6)20(15(3)26-27)12-21(28)24-16(4)22-17(5)25-23(29-22)19-10-8-7-9-11-19/h7-11,14,16H,12-13H2,1-6H3,(H,24,28). The van der Waals surface area contributed by atoms with Crippen molar-refractivity contribution in [2.45, 2.75) is 60.5 Å². The maximum Gasteiger partial charge on any atom is 0.225 e. The van der Waals surface area contributed by atoms with Crippen molar-refractivity contribution in [1.82, 2.24) is 20.1 Å². The average molecular weight is 411 g/mol. The smallest absolute Gasteiger partial charge is 0.225 e. The Morgan fingerprint density at radius 2 is 1.79 bits per heavy atom. The summed E-state index contributed by atoms with van der Waals surface area (Å²) in [6, 6.07) is 10.1. The number of nitrogens with zero attached hydrogens (tertiary/aromatic N) is 3. The second kappa shape index (κ2) is 8.91. The molecule has 2 aromatic heterocycles. The van der Waals surface area contributed by atoms with Crippen LogP contribution >= 0.6 is 11.3 Å². The maximum absolute atomic E-state index is 12.8. The van der Waals surface area contributed by atoms with E-state index in [2.05, 4.69) is 36.4 Å². The topological polar surface area (TPSA) is 59.8 Å². The summed E-state index contributed by atoms with van der Waals surface area (Å²) in [6.07, 6.45) is 0.351. The predicted octanol–water partition coefficient (Wildman–Crippen LogP) is 5.01. The Bertz CT molecular complexity index is 988. The van der Waals surface area contributed by atoms with Crippen LogP contribution in [0.15, 0.2) is 30.3 Å².